The molecule has 108 valence electrons. The Bertz CT molecular complexity index is 466. The first kappa shape index (κ1) is 16.4. The second kappa shape index (κ2) is 6.19. The lowest BCUT2D eigenvalue weighted by atomic mass is 9.76. The molecular formula is C10H20BrNO4S2. The van der Waals surface area contributed by atoms with Crippen molar-refractivity contribution in [2.45, 2.75) is 32.1 Å². The summed E-state index contributed by atoms with van der Waals surface area (Å²) in [5.74, 6) is 0. The fraction of sp³-hybridized carbons (Fsp3) is 1.00. The Labute approximate surface area is 118 Å². The number of alkyl halides is 1. The number of halogens is 1. The molecule has 1 fully saturated rings. The maximum absolute atomic E-state index is 11.6. The van der Waals surface area contributed by atoms with Gasteiger partial charge in [-0.1, -0.05) is 35.2 Å². The molecule has 1 rings (SSSR count). The first-order valence-corrected chi connectivity index (χ1v) is 10.7. The van der Waals surface area contributed by atoms with Crippen molar-refractivity contribution < 1.29 is 16.8 Å². The van der Waals surface area contributed by atoms with Crippen molar-refractivity contribution in [3.05, 3.63) is 0 Å². The lowest BCUT2D eigenvalue weighted by Gasteiger charge is -2.35. The van der Waals surface area contributed by atoms with Crippen LogP contribution in [0.2, 0.25) is 0 Å². The summed E-state index contributed by atoms with van der Waals surface area (Å²) in [4.78, 5) is 0. The van der Waals surface area contributed by atoms with E-state index in [9.17, 15) is 16.8 Å². The lowest BCUT2D eigenvalue weighted by Crippen LogP contribution is -2.41. The van der Waals surface area contributed by atoms with Crippen molar-refractivity contribution in [1.82, 2.24) is 4.72 Å². The molecule has 0 amide bonds. The fourth-order valence-electron chi connectivity index (χ4n) is 2.25. The zero-order valence-electron chi connectivity index (χ0n) is 10.5. The van der Waals surface area contributed by atoms with Gasteiger partial charge in [0.05, 0.1) is 0 Å². The molecule has 0 saturated heterocycles. The first-order chi connectivity index (χ1) is 8.18. The van der Waals surface area contributed by atoms with E-state index in [1.54, 1.807) is 0 Å². The number of sulfone groups is 1. The molecule has 0 radical (unpaired) electrons. The lowest BCUT2D eigenvalue weighted by molar-refractivity contribution is 0.227. The quantitative estimate of drug-likeness (QED) is 0.722. The van der Waals surface area contributed by atoms with E-state index in [0.717, 1.165) is 37.3 Å². The highest BCUT2D eigenvalue weighted by molar-refractivity contribution is 9.09. The SMILES string of the molecule is CS(=O)(=O)CS(=O)(=O)NCC1(CBr)CCCCC1. The molecule has 8 heteroatoms. The van der Waals surface area contributed by atoms with Gasteiger partial charge in [0.1, 0.15) is 0 Å². The minimum absolute atomic E-state index is 0.0666. The van der Waals surface area contributed by atoms with E-state index in [4.69, 9.17) is 0 Å². The molecule has 1 aliphatic carbocycles. The topological polar surface area (TPSA) is 80.3 Å². The molecule has 5 nitrogen and oxygen atoms in total. The summed E-state index contributed by atoms with van der Waals surface area (Å²) in [6, 6.07) is 0. The Morgan fingerprint density at radius 3 is 2.11 bits per heavy atom. The normalized spacial score (nSPS) is 20.8. The van der Waals surface area contributed by atoms with Crippen LogP contribution in [0, 0.1) is 5.41 Å². The maximum Gasteiger partial charge on any atom is 0.226 e. The summed E-state index contributed by atoms with van der Waals surface area (Å²) in [6.45, 7) is 0.316. The van der Waals surface area contributed by atoms with Crippen LogP contribution in [-0.2, 0) is 19.9 Å². The minimum atomic E-state index is -3.75. The van der Waals surface area contributed by atoms with Gasteiger partial charge in [-0.2, -0.15) is 0 Å². The van der Waals surface area contributed by atoms with E-state index in [1.165, 1.54) is 6.42 Å². The van der Waals surface area contributed by atoms with E-state index >= 15 is 0 Å². The van der Waals surface area contributed by atoms with Gasteiger partial charge in [-0.25, -0.2) is 21.6 Å². The van der Waals surface area contributed by atoms with Gasteiger partial charge in [0.2, 0.25) is 10.0 Å². The monoisotopic (exact) mass is 361 g/mol. The van der Waals surface area contributed by atoms with Crippen LogP contribution in [0.5, 0.6) is 0 Å². The number of hydrogen-bond donors (Lipinski definition) is 1. The van der Waals surface area contributed by atoms with Crippen molar-refractivity contribution in [3.63, 3.8) is 0 Å². The molecule has 0 aliphatic heterocycles. The summed E-state index contributed by atoms with van der Waals surface area (Å²) < 4.78 is 47.8. The molecule has 1 saturated carbocycles. The summed E-state index contributed by atoms with van der Waals surface area (Å²) >= 11 is 3.44. The third-order valence-electron chi connectivity index (χ3n) is 3.23. The van der Waals surface area contributed by atoms with Crippen LogP contribution >= 0.6 is 15.9 Å². The summed E-state index contributed by atoms with van der Waals surface area (Å²) in [7, 11) is -7.27. The molecule has 1 N–H and O–H groups in total. The second-order valence-corrected chi connectivity index (χ2v) is 10.0. The largest absolute Gasteiger partial charge is 0.228 e. The van der Waals surface area contributed by atoms with Gasteiger partial charge in [0.25, 0.3) is 0 Å². The predicted octanol–water partition coefficient (Wildman–Crippen LogP) is 1.25. The van der Waals surface area contributed by atoms with Crippen molar-refractivity contribution in [3.8, 4) is 0 Å². The van der Waals surface area contributed by atoms with Crippen molar-refractivity contribution >= 4 is 35.8 Å². The molecule has 0 aromatic rings. The molecule has 18 heavy (non-hydrogen) atoms. The van der Waals surface area contributed by atoms with E-state index in [0.29, 0.717) is 6.54 Å². The Morgan fingerprint density at radius 2 is 1.67 bits per heavy atom. The van der Waals surface area contributed by atoms with Crippen LogP contribution in [0.15, 0.2) is 0 Å². The van der Waals surface area contributed by atoms with Gasteiger partial charge in [-0.05, 0) is 18.3 Å². The third-order valence-corrected chi connectivity index (χ3v) is 7.96. The van der Waals surface area contributed by atoms with Gasteiger partial charge in [-0.15, -0.1) is 0 Å². The predicted molar refractivity (Wildman–Crippen MR) is 75.9 cm³/mol. The molecule has 0 unspecified atom stereocenters. The first-order valence-electron chi connectivity index (χ1n) is 5.89. The van der Waals surface area contributed by atoms with Crippen LogP contribution in [0.4, 0.5) is 0 Å². The molecule has 0 aromatic heterocycles. The van der Waals surface area contributed by atoms with Crippen LogP contribution in [0.25, 0.3) is 0 Å². The van der Waals surface area contributed by atoms with Gasteiger partial charge in [-0.3, -0.25) is 0 Å². The Hall–Kier alpha value is 0.340. The van der Waals surface area contributed by atoms with E-state index < -0.39 is 24.9 Å². The summed E-state index contributed by atoms with van der Waals surface area (Å²) in [5, 5.41) is -0.0975. The number of hydrogen-bond acceptors (Lipinski definition) is 4. The zero-order valence-corrected chi connectivity index (χ0v) is 13.7. The Morgan fingerprint density at radius 1 is 1.11 bits per heavy atom. The molecule has 0 bridgehead atoms. The highest BCUT2D eigenvalue weighted by atomic mass is 79.9. The highest BCUT2D eigenvalue weighted by Gasteiger charge is 2.32. The minimum Gasteiger partial charge on any atom is -0.228 e. The number of rotatable bonds is 6. The van der Waals surface area contributed by atoms with Crippen LogP contribution in [-0.4, -0.2) is 40.1 Å². The second-order valence-electron chi connectivity index (χ2n) is 5.17. The van der Waals surface area contributed by atoms with E-state index in [2.05, 4.69) is 20.7 Å². The van der Waals surface area contributed by atoms with Crippen LogP contribution in [0.3, 0.4) is 0 Å². The van der Waals surface area contributed by atoms with Gasteiger partial charge in [0, 0.05) is 18.1 Å². The molecule has 0 aromatic carbocycles. The standard InChI is InChI=1S/C10H20BrNO4S2/c1-17(13,14)9-18(15,16)12-8-10(7-11)5-3-2-4-6-10/h12H,2-9H2,1H3. The van der Waals surface area contributed by atoms with Crippen molar-refractivity contribution in [1.29, 1.82) is 0 Å². The molecule has 0 heterocycles. The van der Waals surface area contributed by atoms with Gasteiger partial charge in [0.15, 0.2) is 14.9 Å². The maximum atomic E-state index is 11.6. The molecular weight excluding hydrogens is 342 g/mol. The molecule has 0 atom stereocenters. The Balaban J connectivity index is 2.62. The van der Waals surface area contributed by atoms with Gasteiger partial charge < -0.3 is 0 Å². The van der Waals surface area contributed by atoms with E-state index in [1.807, 2.05) is 0 Å². The summed E-state index contributed by atoms with van der Waals surface area (Å²) in [5.41, 5.74) is -0.0666. The fourth-order valence-corrected chi connectivity index (χ4v) is 6.12. The average molecular weight is 362 g/mol. The highest BCUT2D eigenvalue weighted by Crippen LogP contribution is 2.37. The molecule has 1 aliphatic rings. The number of sulfonamides is 1. The summed E-state index contributed by atoms with van der Waals surface area (Å²) in [6.07, 6.45) is 6.25. The molecule has 0 spiro atoms. The third kappa shape index (κ3) is 5.54. The van der Waals surface area contributed by atoms with Crippen molar-refractivity contribution in [2.24, 2.45) is 5.41 Å². The van der Waals surface area contributed by atoms with Crippen LogP contribution in [0.1, 0.15) is 32.1 Å². The number of nitrogens with one attached hydrogen (secondary N) is 1. The Kier molecular flexibility index (Phi) is 5.64. The van der Waals surface area contributed by atoms with E-state index in [-0.39, 0.29) is 5.41 Å². The van der Waals surface area contributed by atoms with Gasteiger partial charge >= 0.3 is 0 Å². The average Bonchev–Trinajstić information content (AvgIpc) is 2.25. The van der Waals surface area contributed by atoms with Crippen molar-refractivity contribution in [2.75, 3.05) is 23.2 Å². The smallest absolute Gasteiger partial charge is 0.226 e. The van der Waals surface area contributed by atoms with Crippen LogP contribution < -0.4 is 4.72 Å². The zero-order chi connectivity index (χ0) is 13.9.